The van der Waals surface area contributed by atoms with Gasteiger partial charge in [-0.15, -0.1) is 0 Å². The van der Waals surface area contributed by atoms with E-state index in [0.717, 1.165) is 83.2 Å². The number of allylic oxidation sites excluding steroid dienone is 2. The predicted molar refractivity (Wildman–Crippen MR) is 241 cm³/mol. The standard InChI is InChI=1S/C52H38N6/c1-34(40-23-9-12-27-45(40)53)31-32-41-35(2)57(46-28-13-10-24-42(41)46)39-22-15-19-37(33-39)51-54-50(36-17-5-3-6-18-36)55-52(56-51)44-26-16-30-48-49(44)43-25-11-14-29-47(43)58(48)38-20-7-4-8-21-38/h3-33H,1,53H2,2H3/b32-31-. The molecule has 0 aliphatic carbocycles. The van der Waals surface area contributed by atoms with Crippen molar-refractivity contribution in [1.82, 2.24) is 24.1 Å². The highest BCUT2D eigenvalue weighted by molar-refractivity contribution is 6.15. The van der Waals surface area contributed by atoms with E-state index >= 15 is 0 Å². The zero-order valence-corrected chi connectivity index (χ0v) is 31.9. The SMILES string of the molecule is C=C(/C=C\c1c(C)n(-c2cccc(-c3nc(-c4ccccc4)nc(-c4cccc5c4c4ccccc4n5-c4ccccc4)n3)c2)c2ccccc12)c1ccccc1N. The molecule has 0 aliphatic rings. The van der Waals surface area contributed by atoms with Crippen molar-refractivity contribution in [2.75, 3.05) is 5.73 Å². The number of nitrogens with two attached hydrogens (primary N) is 1. The van der Waals surface area contributed by atoms with E-state index in [9.17, 15) is 0 Å². The van der Waals surface area contributed by atoms with Crippen LogP contribution in [0.2, 0.25) is 0 Å². The van der Waals surface area contributed by atoms with Crippen LogP contribution in [-0.4, -0.2) is 24.1 Å². The molecule has 0 aliphatic heterocycles. The molecular weight excluding hydrogens is 709 g/mol. The van der Waals surface area contributed by atoms with E-state index in [2.05, 4.69) is 150 Å². The average molecular weight is 747 g/mol. The van der Waals surface area contributed by atoms with Crippen LogP contribution in [0.15, 0.2) is 189 Å². The molecule has 6 nitrogen and oxygen atoms in total. The number of nitrogens with zero attached hydrogens (tertiary/aromatic N) is 5. The van der Waals surface area contributed by atoms with Gasteiger partial charge < -0.3 is 14.9 Å². The summed E-state index contributed by atoms with van der Waals surface area (Å²) >= 11 is 0. The van der Waals surface area contributed by atoms with Gasteiger partial charge in [0.15, 0.2) is 17.5 Å². The van der Waals surface area contributed by atoms with Gasteiger partial charge in [0.05, 0.1) is 16.6 Å². The largest absolute Gasteiger partial charge is 0.398 e. The number of para-hydroxylation sites is 4. The van der Waals surface area contributed by atoms with Crippen LogP contribution in [0.3, 0.4) is 0 Å². The number of benzene rings is 7. The summed E-state index contributed by atoms with van der Waals surface area (Å²) in [5.41, 5.74) is 19.2. The molecule has 0 fully saturated rings. The van der Waals surface area contributed by atoms with E-state index in [1.807, 2.05) is 60.7 Å². The molecule has 276 valence electrons. The first kappa shape index (κ1) is 34.6. The fourth-order valence-electron chi connectivity index (χ4n) is 8.19. The van der Waals surface area contributed by atoms with Crippen molar-refractivity contribution in [3.63, 3.8) is 0 Å². The Morgan fingerprint density at radius 2 is 1.10 bits per heavy atom. The third kappa shape index (κ3) is 5.95. The van der Waals surface area contributed by atoms with Crippen LogP contribution in [0.4, 0.5) is 5.69 Å². The Labute approximate surface area is 336 Å². The van der Waals surface area contributed by atoms with Gasteiger partial charge in [0.1, 0.15) is 0 Å². The number of aromatic nitrogens is 5. The Bertz CT molecular complexity index is 3210. The Morgan fingerprint density at radius 3 is 1.88 bits per heavy atom. The molecule has 10 rings (SSSR count). The van der Waals surface area contributed by atoms with E-state index in [-0.39, 0.29) is 0 Å². The summed E-state index contributed by atoms with van der Waals surface area (Å²) in [5, 5.41) is 3.38. The van der Waals surface area contributed by atoms with E-state index < -0.39 is 0 Å². The summed E-state index contributed by atoms with van der Waals surface area (Å²) in [6.45, 7) is 6.49. The number of anilines is 1. The molecule has 0 bridgehead atoms. The Morgan fingerprint density at radius 1 is 0.534 bits per heavy atom. The Hall–Kier alpha value is -7.83. The van der Waals surface area contributed by atoms with Gasteiger partial charge in [-0.3, -0.25) is 0 Å². The maximum absolute atomic E-state index is 6.29. The molecule has 2 N–H and O–H groups in total. The molecule has 3 aromatic heterocycles. The molecule has 7 aromatic carbocycles. The lowest BCUT2D eigenvalue weighted by Crippen LogP contribution is -2.02. The lowest BCUT2D eigenvalue weighted by Gasteiger charge is -2.12. The van der Waals surface area contributed by atoms with Gasteiger partial charge in [0.25, 0.3) is 0 Å². The van der Waals surface area contributed by atoms with Gasteiger partial charge >= 0.3 is 0 Å². The summed E-state index contributed by atoms with van der Waals surface area (Å²) < 4.78 is 4.62. The van der Waals surface area contributed by atoms with Crippen LogP contribution < -0.4 is 5.73 Å². The number of hydrogen-bond donors (Lipinski definition) is 1. The van der Waals surface area contributed by atoms with Gasteiger partial charge in [-0.1, -0.05) is 146 Å². The maximum Gasteiger partial charge on any atom is 0.164 e. The van der Waals surface area contributed by atoms with E-state index in [4.69, 9.17) is 20.7 Å². The monoisotopic (exact) mass is 746 g/mol. The normalized spacial score (nSPS) is 11.6. The minimum absolute atomic E-state index is 0.598. The highest BCUT2D eigenvalue weighted by Crippen LogP contribution is 2.39. The van der Waals surface area contributed by atoms with Gasteiger partial charge in [-0.2, -0.15) is 0 Å². The van der Waals surface area contributed by atoms with Crippen molar-refractivity contribution in [2.45, 2.75) is 6.92 Å². The quantitative estimate of drug-likeness (QED) is 0.124. The molecule has 0 atom stereocenters. The van der Waals surface area contributed by atoms with Crippen molar-refractivity contribution < 1.29 is 0 Å². The summed E-state index contributed by atoms with van der Waals surface area (Å²) in [4.78, 5) is 15.6. The molecule has 0 saturated carbocycles. The van der Waals surface area contributed by atoms with E-state index in [0.29, 0.717) is 23.2 Å². The predicted octanol–water partition coefficient (Wildman–Crippen LogP) is 12.5. The molecule has 6 heteroatoms. The van der Waals surface area contributed by atoms with Gasteiger partial charge in [0.2, 0.25) is 0 Å². The smallest absolute Gasteiger partial charge is 0.164 e. The van der Waals surface area contributed by atoms with Crippen LogP contribution >= 0.6 is 0 Å². The zero-order chi connectivity index (χ0) is 39.2. The second-order valence-corrected chi connectivity index (χ2v) is 14.4. The summed E-state index contributed by atoms with van der Waals surface area (Å²) in [5.74, 6) is 1.83. The minimum Gasteiger partial charge on any atom is -0.398 e. The fraction of sp³-hybridized carbons (Fsp3) is 0.0192. The van der Waals surface area contributed by atoms with Crippen molar-refractivity contribution in [1.29, 1.82) is 0 Å². The molecule has 0 spiro atoms. The average Bonchev–Trinajstić information content (AvgIpc) is 3.77. The Balaban J connectivity index is 1.13. The molecule has 0 radical (unpaired) electrons. The van der Waals surface area contributed by atoms with E-state index in [1.165, 1.54) is 0 Å². The first-order valence-electron chi connectivity index (χ1n) is 19.4. The van der Waals surface area contributed by atoms with Crippen molar-refractivity contribution in [2.24, 2.45) is 0 Å². The Kier molecular flexibility index (Phi) is 8.57. The fourth-order valence-corrected chi connectivity index (χ4v) is 8.19. The molecule has 0 unspecified atom stereocenters. The molecule has 58 heavy (non-hydrogen) atoms. The third-order valence-corrected chi connectivity index (χ3v) is 10.9. The summed E-state index contributed by atoms with van der Waals surface area (Å²) in [7, 11) is 0. The van der Waals surface area contributed by atoms with Gasteiger partial charge in [0, 0.05) is 66.7 Å². The maximum atomic E-state index is 6.29. The highest BCUT2D eigenvalue weighted by atomic mass is 15.0. The number of fused-ring (bicyclic) bond motifs is 4. The molecule has 0 amide bonds. The van der Waals surface area contributed by atoms with Crippen LogP contribution in [0.25, 0.3) is 89.9 Å². The van der Waals surface area contributed by atoms with Gasteiger partial charge in [-0.05, 0) is 61.0 Å². The van der Waals surface area contributed by atoms with Crippen molar-refractivity contribution in [3.05, 3.63) is 205 Å². The van der Waals surface area contributed by atoms with Crippen LogP contribution in [0.1, 0.15) is 16.8 Å². The van der Waals surface area contributed by atoms with Gasteiger partial charge in [-0.25, -0.2) is 15.0 Å². The van der Waals surface area contributed by atoms with Crippen LogP contribution in [0, 0.1) is 6.92 Å². The lowest BCUT2D eigenvalue weighted by molar-refractivity contribution is 1.04. The number of rotatable bonds is 8. The third-order valence-electron chi connectivity index (χ3n) is 10.9. The summed E-state index contributed by atoms with van der Waals surface area (Å²) in [6, 6.07) is 60.4. The number of nitrogen functional groups attached to an aromatic ring is 1. The first-order chi connectivity index (χ1) is 28.5. The van der Waals surface area contributed by atoms with E-state index in [1.54, 1.807) is 0 Å². The second-order valence-electron chi connectivity index (χ2n) is 14.4. The minimum atomic E-state index is 0.598. The zero-order valence-electron chi connectivity index (χ0n) is 31.9. The van der Waals surface area contributed by atoms with Crippen LogP contribution in [0.5, 0.6) is 0 Å². The number of hydrogen-bond acceptors (Lipinski definition) is 4. The first-order valence-corrected chi connectivity index (χ1v) is 19.4. The van der Waals surface area contributed by atoms with Crippen molar-refractivity contribution in [3.8, 4) is 45.5 Å². The molecule has 0 saturated heterocycles. The second kappa shape index (κ2) is 14.3. The van der Waals surface area contributed by atoms with Crippen LogP contribution in [-0.2, 0) is 0 Å². The highest BCUT2D eigenvalue weighted by Gasteiger charge is 2.20. The molecule has 10 aromatic rings. The molecule has 3 heterocycles. The lowest BCUT2D eigenvalue weighted by atomic mass is 10.0. The summed E-state index contributed by atoms with van der Waals surface area (Å²) in [6.07, 6.45) is 4.20. The molecular formula is C52H38N6. The van der Waals surface area contributed by atoms with Crippen molar-refractivity contribution >= 4 is 50.0 Å². The topological polar surface area (TPSA) is 74.5 Å².